The van der Waals surface area contributed by atoms with Crippen molar-refractivity contribution in [2.45, 2.75) is 20.3 Å². The van der Waals surface area contributed by atoms with Gasteiger partial charge in [-0.3, -0.25) is 4.79 Å². The Morgan fingerprint density at radius 2 is 1.85 bits per heavy atom. The summed E-state index contributed by atoms with van der Waals surface area (Å²) < 4.78 is 7.05. The van der Waals surface area contributed by atoms with E-state index in [0.717, 1.165) is 22.5 Å². The van der Waals surface area contributed by atoms with E-state index >= 15 is 0 Å². The molecule has 7 nitrogen and oxygen atoms in total. The van der Waals surface area contributed by atoms with Crippen molar-refractivity contribution in [1.29, 1.82) is 0 Å². The molecule has 26 heavy (non-hydrogen) atoms. The van der Waals surface area contributed by atoms with Gasteiger partial charge in [0.05, 0.1) is 19.6 Å². The number of aromatic nitrogens is 4. The van der Waals surface area contributed by atoms with E-state index in [4.69, 9.17) is 4.74 Å². The molecule has 0 atom stereocenters. The van der Waals surface area contributed by atoms with Gasteiger partial charge < -0.3 is 9.64 Å². The number of aryl methyl sites for hydroxylation is 2. The van der Waals surface area contributed by atoms with Crippen molar-refractivity contribution in [1.82, 2.24) is 24.5 Å². The van der Waals surface area contributed by atoms with Crippen molar-refractivity contribution >= 4 is 11.7 Å². The van der Waals surface area contributed by atoms with Gasteiger partial charge in [-0.1, -0.05) is 30.3 Å². The standard InChI is InChI=1S/C19H21N5O2/c1-13-16(12-17(25)23-8-10-26-11-9-23)14(2)24-19(20-13)21-18(22-24)15-6-4-3-5-7-15/h3-7H,8-12H2,1-2H3. The van der Waals surface area contributed by atoms with Crippen LogP contribution in [0.3, 0.4) is 0 Å². The van der Waals surface area contributed by atoms with Gasteiger partial charge in [0.1, 0.15) is 0 Å². The second kappa shape index (κ2) is 6.84. The van der Waals surface area contributed by atoms with Gasteiger partial charge in [-0.15, -0.1) is 5.10 Å². The lowest BCUT2D eigenvalue weighted by Crippen LogP contribution is -2.41. The first-order valence-corrected chi connectivity index (χ1v) is 8.77. The summed E-state index contributed by atoms with van der Waals surface area (Å²) in [5, 5.41) is 4.60. The molecule has 0 spiro atoms. The molecule has 1 aromatic carbocycles. The summed E-state index contributed by atoms with van der Waals surface area (Å²) in [6.07, 6.45) is 0.321. The smallest absolute Gasteiger partial charge is 0.253 e. The molecule has 0 N–H and O–H groups in total. The van der Waals surface area contributed by atoms with E-state index in [1.165, 1.54) is 0 Å². The number of nitrogens with zero attached hydrogens (tertiary/aromatic N) is 5. The van der Waals surface area contributed by atoms with E-state index in [0.29, 0.717) is 44.3 Å². The molecule has 2 aromatic heterocycles. The van der Waals surface area contributed by atoms with E-state index in [2.05, 4.69) is 15.1 Å². The molecule has 7 heteroatoms. The Bertz CT molecular complexity index is 945. The van der Waals surface area contributed by atoms with Gasteiger partial charge in [-0.25, -0.2) is 9.50 Å². The number of fused-ring (bicyclic) bond motifs is 1. The second-order valence-electron chi connectivity index (χ2n) is 6.44. The van der Waals surface area contributed by atoms with Crippen LogP contribution in [-0.2, 0) is 16.0 Å². The normalized spacial score (nSPS) is 14.8. The number of hydrogen-bond acceptors (Lipinski definition) is 5. The highest BCUT2D eigenvalue weighted by Crippen LogP contribution is 2.19. The van der Waals surface area contributed by atoms with Gasteiger partial charge in [0.15, 0.2) is 5.82 Å². The van der Waals surface area contributed by atoms with Crippen LogP contribution in [0.15, 0.2) is 30.3 Å². The molecule has 1 saturated heterocycles. The first-order chi connectivity index (χ1) is 12.6. The molecule has 3 heterocycles. The number of rotatable bonds is 3. The van der Waals surface area contributed by atoms with Gasteiger partial charge in [0.2, 0.25) is 5.91 Å². The molecule has 0 radical (unpaired) electrons. The minimum atomic E-state index is 0.101. The van der Waals surface area contributed by atoms with Gasteiger partial charge in [-0.05, 0) is 13.8 Å². The zero-order valence-corrected chi connectivity index (χ0v) is 15.0. The van der Waals surface area contributed by atoms with Crippen molar-refractivity contribution in [2.75, 3.05) is 26.3 Å². The Labute approximate surface area is 151 Å². The fourth-order valence-electron chi connectivity index (χ4n) is 3.25. The average molecular weight is 351 g/mol. The van der Waals surface area contributed by atoms with E-state index in [1.54, 1.807) is 4.52 Å². The van der Waals surface area contributed by atoms with Crippen LogP contribution in [0.4, 0.5) is 0 Å². The molecule has 0 unspecified atom stereocenters. The van der Waals surface area contributed by atoms with Crippen LogP contribution in [0.5, 0.6) is 0 Å². The number of hydrogen-bond donors (Lipinski definition) is 0. The van der Waals surface area contributed by atoms with Crippen molar-refractivity contribution in [3.63, 3.8) is 0 Å². The summed E-state index contributed by atoms with van der Waals surface area (Å²) >= 11 is 0. The maximum absolute atomic E-state index is 12.6. The van der Waals surface area contributed by atoms with Crippen LogP contribution >= 0.6 is 0 Å². The van der Waals surface area contributed by atoms with Crippen molar-refractivity contribution < 1.29 is 9.53 Å². The molecule has 0 saturated carbocycles. The Kier molecular flexibility index (Phi) is 4.38. The highest BCUT2D eigenvalue weighted by atomic mass is 16.5. The molecule has 1 fully saturated rings. The molecule has 3 aromatic rings. The maximum atomic E-state index is 12.6. The Morgan fingerprint density at radius 3 is 2.58 bits per heavy atom. The van der Waals surface area contributed by atoms with Gasteiger partial charge >= 0.3 is 0 Å². The third kappa shape index (κ3) is 3.06. The van der Waals surface area contributed by atoms with Crippen LogP contribution in [0.1, 0.15) is 17.0 Å². The number of benzene rings is 1. The summed E-state index contributed by atoms with van der Waals surface area (Å²) in [5.41, 5.74) is 3.59. The molecule has 1 aliphatic heterocycles. The lowest BCUT2D eigenvalue weighted by atomic mass is 10.1. The minimum Gasteiger partial charge on any atom is -0.378 e. The molecular formula is C19H21N5O2. The van der Waals surface area contributed by atoms with Gasteiger partial charge in [-0.2, -0.15) is 4.98 Å². The number of carbonyl (C=O) groups is 1. The van der Waals surface area contributed by atoms with E-state index in [-0.39, 0.29) is 5.91 Å². The number of amides is 1. The first-order valence-electron chi connectivity index (χ1n) is 8.77. The van der Waals surface area contributed by atoms with Crippen LogP contribution in [0, 0.1) is 13.8 Å². The first kappa shape index (κ1) is 16.7. The summed E-state index contributed by atoms with van der Waals surface area (Å²) in [6, 6.07) is 9.82. The predicted octanol–water partition coefficient (Wildman–Crippen LogP) is 1.81. The fourth-order valence-corrected chi connectivity index (χ4v) is 3.25. The largest absolute Gasteiger partial charge is 0.378 e. The highest BCUT2D eigenvalue weighted by molar-refractivity contribution is 5.79. The van der Waals surface area contributed by atoms with Crippen molar-refractivity contribution in [3.8, 4) is 11.4 Å². The van der Waals surface area contributed by atoms with Crippen molar-refractivity contribution in [2.24, 2.45) is 0 Å². The molecular weight excluding hydrogens is 330 g/mol. The summed E-state index contributed by atoms with van der Waals surface area (Å²) in [7, 11) is 0. The van der Waals surface area contributed by atoms with Crippen LogP contribution in [0.2, 0.25) is 0 Å². The van der Waals surface area contributed by atoms with Gasteiger partial charge in [0.25, 0.3) is 5.78 Å². The monoisotopic (exact) mass is 351 g/mol. The summed E-state index contributed by atoms with van der Waals surface area (Å²) in [4.78, 5) is 23.6. The van der Waals surface area contributed by atoms with Crippen LogP contribution in [-0.4, -0.2) is 56.7 Å². The van der Waals surface area contributed by atoms with E-state index < -0.39 is 0 Å². The molecule has 4 rings (SSSR count). The zero-order valence-electron chi connectivity index (χ0n) is 15.0. The lowest BCUT2D eigenvalue weighted by Gasteiger charge is -2.27. The lowest BCUT2D eigenvalue weighted by molar-refractivity contribution is -0.134. The Morgan fingerprint density at radius 1 is 1.12 bits per heavy atom. The van der Waals surface area contributed by atoms with E-state index in [1.807, 2.05) is 49.1 Å². The third-order valence-electron chi connectivity index (χ3n) is 4.77. The molecule has 134 valence electrons. The van der Waals surface area contributed by atoms with Gasteiger partial charge in [0, 0.05) is 35.6 Å². The zero-order chi connectivity index (χ0) is 18.1. The summed E-state index contributed by atoms with van der Waals surface area (Å²) in [6.45, 7) is 6.38. The molecule has 1 amide bonds. The van der Waals surface area contributed by atoms with Crippen LogP contribution < -0.4 is 0 Å². The summed E-state index contributed by atoms with van der Waals surface area (Å²) in [5.74, 6) is 1.29. The minimum absolute atomic E-state index is 0.101. The average Bonchev–Trinajstić information content (AvgIpc) is 3.10. The van der Waals surface area contributed by atoms with Crippen molar-refractivity contribution in [3.05, 3.63) is 47.3 Å². The Hall–Kier alpha value is -2.80. The number of morpholine rings is 1. The third-order valence-corrected chi connectivity index (χ3v) is 4.77. The SMILES string of the molecule is Cc1nc2nc(-c3ccccc3)nn2c(C)c1CC(=O)N1CCOCC1. The fraction of sp³-hybridized carbons (Fsp3) is 0.368. The molecule has 0 bridgehead atoms. The Balaban J connectivity index is 1.68. The second-order valence-corrected chi connectivity index (χ2v) is 6.44. The molecule has 0 aliphatic carbocycles. The predicted molar refractivity (Wildman–Crippen MR) is 96.8 cm³/mol. The topological polar surface area (TPSA) is 72.6 Å². The van der Waals surface area contributed by atoms with E-state index in [9.17, 15) is 4.79 Å². The highest BCUT2D eigenvalue weighted by Gasteiger charge is 2.21. The number of ether oxygens (including phenoxy) is 1. The quantitative estimate of drug-likeness (QED) is 0.720. The number of carbonyl (C=O) groups excluding carboxylic acids is 1. The molecule has 1 aliphatic rings. The van der Waals surface area contributed by atoms with Crippen LogP contribution in [0.25, 0.3) is 17.2 Å². The maximum Gasteiger partial charge on any atom is 0.253 e.